The number of benzene rings is 1. The van der Waals surface area contributed by atoms with Gasteiger partial charge in [-0.3, -0.25) is 4.79 Å². The molecule has 0 atom stereocenters. The van der Waals surface area contributed by atoms with E-state index in [0.29, 0.717) is 34.0 Å². The Morgan fingerprint density at radius 2 is 1.97 bits per heavy atom. The highest BCUT2D eigenvalue weighted by molar-refractivity contribution is 7.17. The number of esters is 1. The second-order valence-electron chi connectivity index (χ2n) is 6.34. The normalized spacial score (nSPS) is 11.0. The number of carbonyl (C=O) groups is 1. The van der Waals surface area contributed by atoms with Gasteiger partial charge in [-0.25, -0.2) is 9.78 Å². The lowest BCUT2D eigenvalue weighted by molar-refractivity contribution is 0.0462. The van der Waals surface area contributed by atoms with Crippen molar-refractivity contribution in [1.29, 1.82) is 0 Å². The van der Waals surface area contributed by atoms with E-state index in [1.165, 1.54) is 11.3 Å². The van der Waals surface area contributed by atoms with E-state index in [1.54, 1.807) is 35.7 Å². The summed E-state index contributed by atoms with van der Waals surface area (Å²) in [7, 11) is 0. The number of H-pyrrole nitrogens is 1. The summed E-state index contributed by atoms with van der Waals surface area (Å²) in [6.07, 6.45) is 0. The van der Waals surface area contributed by atoms with Crippen LogP contribution in [-0.2, 0) is 18.0 Å². The van der Waals surface area contributed by atoms with Crippen LogP contribution in [0.3, 0.4) is 0 Å². The van der Waals surface area contributed by atoms with Gasteiger partial charge >= 0.3 is 5.97 Å². The Labute approximate surface area is 169 Å². The first-order valence-corrected chi connectivity index (χ1v) is 9.67. The summed E-state index contributed by atoms with van der Waals surface area (Å²) >= 11 is 1.32. The van der Waals surface area contributed by atoms with Gasteiger partial charge in [0.1, 0.15) is 35.2 Å². The summed E-state index contributed by atoms with van der Waals surface area (Å²) in [4.78, 5) is 31.1. The van der Waals surface area contributed by atoms with Gasteiger partial charge in [-0.2, -0.15) is 0 Å². The van der Waals surface area contributed by atoms with E-state index >= 15 is 0 Å². The fourth-order valence-corrected chi connectivity index (χ4v) is 3.48. The molecule has 0 aliphatic carbocycles. The molecule has 0 unspecified atom stereocenters. The molecular weight excluding hydrogens is 394 g/mol. The van der Waals surface area contributed by atoms with Gasteiger partial charge < -0.3 is 19.0 Å². The molecule has 1 N–H and O–H groups in total. The van der Waals surface area contributed by atoms with Crippen molar-refractivity contribution in [1.82, 2.24) is 15.1 Å². The Morgan fingerprint density at radius 3 is 2.69 bits per heavy atom. The summed E-state index contributed by atoms with van der Waals surface area (Å²) in [6, 6.07) is 8.35. The second-order valence-corrected chi connectivity index (χ2v) is 7.26. The fourth-order valence-electron chi connectivity index (χ4n) is 2.76. The maximum atomic E-state index is 12.3. The number of fused-ring (bicyclic) bond motifs is 1. The number of aromatic nitrogens is 3. The zero-order chi connectivity index (χ0) is 20.4. The molecule has 3 aromatic heterocycles. The molecule has 9 heteroatoms. The topological polar surface area (TPSA) is 107 Å². The van der Waals surface area contributed by atoms with Gasteiger partial charge in [-0.15, -0.1) is 11.3 Å². The van der Waals surface area contributed by atoms with Crippen LogP contribution in [0.5, 0.6) is 5.75 Å². The minimum atomic E-state index is -0.518. The van der Waals surface area contributed by atoms with Crippen LogP contribution in [-0.4, -0.2) is 21.1 Å². The van der Waals surface area contributed by atoms with Gasteiger partial charge in [-0.05, 0) is 49.6 Å². The molecule has 0 fully saturated rings. The minimum absolute atomic E-state index is 0.121. The minimum Gasteiger partial charge on any atom is -0.489 e. The van der Waals surface area contributed by atoms with Crippen molar-refractivity contribution < 1.29 is 18.8 Å². The molecule has 3 heterocycles. The number of nitrogens with zero attached hydrogens (tertiary/aromatic N) is 2. The zero-order valence-corrected chi connectivity index (χ0v) is 16.5. The van der Waals surface area contributed by atoms with Crippen LogP contribution in [0, 0.1) is 13.8 Å². The molecule has 1 aromatic carbocycles. The van der Waals surface area contributed by atoms with Gasteiger partial charge in [0.25, 0.3) is 5.56 Å². The van der Waals surface area contributed by atoms with Crippen LogP contribution < -0.4 is 10.3 Å². The van der Waals surface area contributed by atoms with Crippen LogP contribution in [0.1, 0.15) is 33.2 Å². The van der Waals surface area contributed by atoms with Gasteiger partial charge in [0, 0.05) is 0 Å². The molecular formula is C20H17N3O5S. The molecule has 0 bridgehead atoms. The van der Waals surface area contributed by atoms with E-state index in [9.17, 15) is 9.59 Å². The SMILES string of the molecule is Cc1noc(C)c1COc1ccc(C(=O)OCc2nc3ccsc3c(=O)[nH]2)cc1. The molecule has 0 saturated heterocycles. The van der Waals surface area contributed by atoms with Crippen LogP contribution in [0.25, 0.3) is 10.2 Å². The second kappa shape index (κ2) is 7.88. The molecule has 0 aliphatic rings. The van der Waals surface area contributed by atoms with E-state index < -0.39 is 5.97 Å². The third kappa shape index (κ3) is 4.04. The highest BCUT2D eigenvalue weighted by atomic mass is 32.1. The summed E-state index contributed by atoms with van der Waals surface area (Å²) < 4.78 is 16.6. The molecule has 0 amide bonds. The predicted octanol–water partition coefficient (Wildman–Crippen LogP) is 3.53. The molecule has 0 aliphatic heterocycles. The predicted molar refractivity (Wildman–Crippen MR) is 106 cm³/mol. The van der Waals surface area contributed by atoms with Crippen molar-refractivity contribution in [2.24, 2.45) is 0 Å². The van der Waals surface area contributed by atoms with Crippen LogP contribution in [0.2, 0.25) is 0 Å². The van der Waals surface area contributed by atoms with Crippen LogP contribution in [0.4, 0.5) is 0 Å². The maximum Gasteiger partial charge on any atom is 0.338 e. The largest absolute Gasteiger partial charge is 0.489 e. The van der Waals surface area contributed by atoms with Crippen molar-refractivity contribution in [2.75, 3.05) is 0 Å². The van der Waals surface area contributed by atoms with Gasteiger partial charge in [-0.1, -0.05) is 5.16 Å². The fraction of sp³-hybridized carbons (Fsp3) is 0.200. The van der Waals surface area contributed by atoms with Crippen molar-refractivity contribution in [3.8, 4) is 5.75 Å². The Morgan fingerprint density at radius 1 is 1.17 bits per heavy atom. The van der Waals surface area contributed by atoms with E-state index in [0.717, 1.165) is 17.0 Å². The lowest BCUT2D eigenvalue weighted by atomic mass is 10.2. The molecule has 4 rings (SSSR count). The average Bonchev–Trinajstić information content (AvgIpc) is 3.32. The monoisotopic (exact) mass is 411 g/mol. The maximum absolute atomic E-state index is 12.3. The Balaban J connectivity index is 1.36. The molecule has 29 heavy (non-hydrogen) atoms. The number of thiophene rings is 1. The zero-order valence-electron chi connectivity index (χ0n) is 15.7. The highest BCUT2D eigenvalue weighted by Gasteiger charge is 2.12. The molecule has 8 nitrogen and oxygen atoms in total. The highest BCUT2D eigenvalue weighted by Crippen LogP contribution is 2.19. The summed E-state index contributed by atoms with van der Waals surface area (Å²) in [6.45, 7) is 3.89. The lowest BCUT2D eigenvalue weighted by Crippen LogP contribution is -2.13. The van der Waals surface area contributed by atoms with Crippen molar-refractivity contribution in [3.63, 3.8) is 0 Å². The van der Waals surface area contributed by atoms with Crippen molar-refractivity contribution in [3.05, 3.63) is 74.5 Å². The molecule has 148 valence electrons. The smallest absolute Gasteiger partial charge is 0.338 e. The first-order chi connectivity index (χ1) is 14.0. The van der Waals surface area contributed by atoms with E-state index in [4.69, 9.17) is 14.0 Å². The quantitative estimate of drug-likeness (QED) is 0.484. The van der Waals surface area contributed by atoms with Crippen LogP contribution >= 0.6 is 11.3 Å². The Hall–Kier alpha value is -3.46. The molecule has 4 aromatic rings. The number of hydrogen-bond donors (Lipinski definition) is 1. The van der Waals surface area contributed by atoms with Gasteiger partial charge in [0.05, 0.1) is 22.3 Å². The van der Waals surface area contributed by atoms with E-state index in [-0.39, 0.29) is 12.2 Å². The summed E-state index contributed by atoms with van der Waals surface area (Å²) in [5.74, 6) is 1.11. The lowest BCUT2D eigenvalue weighted by Gasteiger charge is -2.07. The van der Waals surface area contributed by atoms with Crippen molar-refractivity contribution >= 4 is 27.5 Å². The number of nitrogens with one attached hydrogen (secondary N) is 1. The summed E-state index contributed by atoms with van der Waals surface area (Å²) in [5.41, 5.74) is 2.40. The first kappa shape index (κ1) is 18.9. The van der Waals surface area contributed by atoms with Gasteiger partial charge in [0.15, 0.2) is 0 Å². The number of rotatable bonds is 6. The molecule has 0 saturated carbocycles. The van der Waals surface area contributed by atoms with Gasteiger partial charge in [0.2, 0.25) is 0 Å². The molecule has 0 radical (unpaired) electrons. The van der Waals surface area contributed by atoms with E-state index in [1.807, 2.05) is 13.8 Å². The average molecular weight is 411 g/mol. The molecule has 0 spiro atoms. The third-order valence-electron chi connectivity index (χ3n) is 4.36. The van der Waals surface area contributed by atoms with E-state index in [2.05, 4.69) is 15.1 Å². The Kier molecular flexibility index (Phi) is 5.13. The third-order valence-corrected chi connectivity index (χ3v) is 5.26. The number of carbonyl (C=O) groups excluding carboxylic acids is 1. The standard InChI is InChI=1S/C20H17N3O5S/c1-11-15(12(2)28-23-11)9-26-14-5-3-13(4-6-14)20(25)27-10-17-21-16-7-8-29-18(16)19(24)22-17/h3-8H,9-10H2,1-2H3,(H,21,22,24). The number of hydrogen-bond acceptors (Lipinski definition) is 8. The van der Waals surface area contributed by atoms with Crippen LogP contribution in [0.15, 0.2) is 45.0 Å². The number of ether oxygens (including phenoxy) is 2. The number of aryl methyl sites for hydroxylation is 2. The van der Waals surface area contributed by atoms with Crippen molar-refractivity contribution in [2.45, 2.75) is 27.1 Å². The summed E-state index contributed by atoms with van der Waals surface area (Å²) in [5, 5.41) is 5.68. The number of aromatic amines is 1. The first-order valence-electron chi connectivity index (χ1n) is 8.79. The Bertz CT molecular complexity index is 1200.